The molecule has 1 aliphatic heterocycles. The molecule has 0 saturated heterocycles. The molecule has 58 valence electrons. The van der Waals surface area contributed by atoms with Gasteiger partial charge in [0.15, 0.2) is 5.78 Å². The summed E-state index contributed by atoms with van der Waals surface area (Å²) >= 11 is 0. The summed E-state index contributed by atoms with van der Waals surface area (Å²) in [6, 6.07) is 2.10. The zero-order valence-electron chi connectivity index (χ0n) is 6.45. The van der Waals surface area contributed by atoms with Gasteiger partial charge in [-0.15, -0.1) is 0 Å². The average Bonchev–Trinajstić information content (AvgIpc) is 2.54. The largest absolute Gasteiger partial charge is 0.292 e. The minimum absolute atomic E-state index is 0.231. The molecule has 1 atom stereocenters. The summed E-state index contributed by atoms with van der Waals surface area (Å²) in [4.78, 5) is 11.2. The molecular weight excluding hydrogens is 140 g/mol. The quantitative estimate of drug-likeness (QED) is 0.606. The molecule has 3 heteroatoms. The molecular formula is C8H10N2O. The highest BCUT2D eigenvalue weighted by atomic mass is 16.1. The molecule has 1 aromatic heterocycles. The predicted molar refractivity (Wildman–Crippen MR) is 40.5 cm³/mol. The van der Waals surface area contributed by atoms with Gasteiger partial charge in [0.2, 0.25) is 0 Å². The lowest BCUT2D eigenvalue weighted by atomic mass is 10.1. The molecule has 0 saturated carbocycles. The Morgan fingerprint density at radius 2 is 2.64 bits per heavy atom. The number of rotatable bonds is 1. The van der Waals surface area contributed by atoms with Crippen LogP contribution in [0.3, 0.4) is 0 Å². The fourth-order valence-electron chi connectivity index (χ4n) is 1.55. The standard InChI is InChI=1S/C8H10N2O/c1-2-6-5-8(11)7-3-4-9-10(6)7/h3-4,6H,2,5H2,1H3. The van der Waals surface area contributed by atoms with E-state index in [1.54, 1.807) is 12.3 Å². The van der Waals surface area contributed by atoms with Gasteiger partial charge in [0.25, 0.3) is 0 Å². The first-order chi connectivity index (χ1) is 5.33. The van der Waals surface area contributed by atoms with Gasteiger partial charge in [-0.1, -0.05) is 6.92 Å². The van der Waals surface area contributed by atoms with Crippen LogP contribution < -0.4 is 0 Å². The molecule has 1 aliphatic rings. The number of carbonyl (C=O) groups excluding carboxylic acids is 1. The van der Waals surface area contributed by atoms with Crippen LogP contribution in [0, 0.1) is 0 Å². The van der Waals surface area contributed by atoms with Crippen molar-refractivity contribution in [2.24, 2.45) is 0 Å². The normalized spacial score (nSPS) is 22.3. The van der Waals surface area contributed by atoms with E-state index in [0.29, 0.717) is 12.5 Å². The van der Waals surface area contributed by atoms with Gasteiger partial charge in [0.05, 0.1) is 6.04 Å². The molecule has 2 heterocycles. The zero-order valence-corrected chi connectivity index (χ0v) is 6.45. The molecule has 0 fully saturated rings. The highest BCUT2D eigenvalue weighted by Gasteiger charge is 2.27. The van der Waals surface area contributed by atoms with E-state index in [4.69, 9.17) is 0 Å². The highest BCUT2D eigenvalue weighted by Crippen LogP contribution is 2.26. The number of hydrogen-bond donors (Lipinski definition) is 0. The lowest BCUT2D eigenvalue weighted by Gasteiger charge is -2.05. The van der Waals surface area contributed by atoms with Crippen molar-refractivity contribution >= 4 is 5.78 Å². The molecule has 0 aromatic carbocycles. The maximum Gasteiger partial charge on any atom is 0.182 e. The maximum atomic E-state index is 11.2. The third-order valence-corrected chi connectivity index (χ3v) is 2.19. The molecule has 0 radical (unpaired) electrons. The van der Waals surface area contributed by atoms with E-state index < -0.39 is 0 Å². The van der Waals surface area contributed by atoms with Crippen LogP contribution in [0.25, 0.3) is 0 Å². The topological polar surface area (TPSA) is 34.9 Å². The minimum atomic E-state index is 0.231. The smallest absolute Gasteiger partial charge is 0.182 e. The summed E-state index contributed by atoms with van der Waals surface area (Å²) in [6.07, 6.45) is 3.31. The Labute approximate surface area is 65.0 Å². The van der Waals surface area contributed by atoms with E-state index in [1.165, 1.54) is 0 Å². The summed E-state index contributed by atoms with van der Waals surface area (Å²) in [5.74, 6) is 0.231. The lowest BCUT2D eigenvalue weighted by molar-refractivity contribution is 0.0988. The Kier molecular flexibility index (Phi) is 1.31. The lowest BCUT2D eigenvalue weighted by Crippen LogP contribution is -2.03. The summed E-state index contributed by atoms with van der Waals surface area (Å²) in [5.41, 5.74) is 0.775. The summed E-state index contributed by atoms with van der Waals surface area (Å²) in [7, 11) is 0. The summed E-state index contributed by atoms with van der Waals surface area (Å²) in [6.45, 7) is 2.08. The number of Topliss-reactive ketones (excluding diaryl/α,β-unsaturated/α-hetero) is 1. The van der Waals surface area contributed by atoms with Crippen molar-refractivity contribution in [1.29, 1.82) is 0 Å². The van der Waals surface area contributed by atoms with Gasteiger partial charge in [-0.3, -0.25) is 9.48 Å². The van der Waals surface area contributed by atoms with Gasteiger partial charge in [0.1, 0.15) is 5.69 Å². The van der Waals surface area contributed by atoms with Crippen molar-refractivity contribution in [2.45, 2.75) is 25.8 Å². The Morgan fingerprint density at radius 3 is 3.36 bits per heavy atom. The van der Waals surface area contributed by atoms with Crippen LogP contribution in [0.1, 0.15) is 36.3 Å². The number of aromatic nitrogens is 2. The van der Waals surface area contributed by atoms with Crippen molar-refractivity contribution in [3.8, 4) is 0 Å². The Hall–Kier alpha value is -1.12. The molecule has 0 aliphatic carbocycles. The number of ketones is 1. The van der Waals surface area contributed by atoms with Crippen LogP contribution in [0.15, 0.2) is 12.3 Å². The Balaban J connectivity index is 2.45. The second-order valence-electron chi connectivity index (χ2n) is 2.85. The van der Waals surface area contributed by atoms with Crippen LogP contribution in [0.5, 0.6) is 0 Å². The van der Waals surface area contributed by atoms with Gasteiger partial charge in [-0.25, -0.2) is 0 Å². The van der Waals surface area contributed by atoms with E-state index in [2.05, 4.69) is 12.0 Å². The third kappa shape index (κ3) is 0.803. The van der Waals surface area contributed by atoms with E-state index in [9.17, 15) is 4.79 Å². The Morgan fingerprint density at radius 1 is 1.82 bits per heavy atom. The monoisotopic (exact) mass is 150 g/mol. The van der Waals surface area contributed by atoms with E-state index >= 15 is 0 Å². The van der Waals surface area contributed by atoms with Crippen LogP contribution >= 0.6 is 0 Å². The van der Waals surface area contributed by atoms with Gasteiger partial charge in [-0.05, 0) is 12.5 Å². The zero-order chi connectivity index (χ0) is 7.84. The molecule has 0 N–H and O–H groups in total. The van der Waals surface area contributed by atoms with Crippen molar-refractivity contribution in [2.75, 3.05) is 0 Å². The van der Waals surface area contributed by atoms with E-state index in [-0.39, 0.29) is 5.78 Å². The number of nitrogens with zero attached hydrogens (tertiary/aromatic N) is 2. The number of carbonyl (C=O) groups is 1. The third-order valence-electron chi connectivity index (χ3n) is 2.19. The van der Waals surface area contributed by atoms with Crippen molar-refractivity contribution in [1.82, 2.24) is 9.78 Å². The molecule has 1 unspecified atom stereocenters. The Bertz CT molecular complexity index is 290. The molecule has 1 aromatic rings. The van der Waals surface area contributed by atoms with Crippen LogP contribution in [0.4, 0.5) is 0 Å². The van der Waals surface area contributed by atoms with Crippen LogP contribution in [0.2, 0.25) is 0 Å². The first-order valence-electron chi connectivity index (χ1n) is 3.89. The molecule has 2 rings (SSSR count). The van der Waals surface area contributed by atoms with Gasteiger partial charge in [-0.2, -0.15) is 5.10 Å². The van der Waals surface area contributed by atoms with Crippen LogP contribution in [-0.4, -0.2) is 15.6 Å². The maximum absolute atomic E-state index is 11.2. The fraction of sp³-hybridized carbons (Fsp3) is 0.500. The SMILES string of the molecule is CCC1CC(=O)c2ccnn21. The number of fused-ring (bicyclic) bond motifs is 1. The summed E-state index contributed by atoms with van der Waals surface area (Å²) in [5, 5.41) is 4.10. The first kappa shape index (κ1) is 6.58. The number of hydrogen-bond acceptors (Lipinski definition) is 2. The molecule has 11 heavy (non-hydrogen) atoms. The van der Waals surface area contributed by atoms with Gasteiger partial charge < -0.3 is 0 Å². The fourth-order valence-corrected chi connectivity index (χ4v) is 1.55. The highest BCUT2D eigenvalue weighted by molar-refractivity contribution is 5.96. The first-order valence-corrected chi connectivity index (χ1v) is 3.89. The van der Waals surface area contributed by atoms with Crippen molar-refractivity contribution in [3.63, 3.8) is 0 Å². The molecule has 0 bridgehead atoms. The van der Waals surface area contributed by atoms with Gasteiger partial charge in [0, 0.05) is 12.6 Å². The van der Waals surface area contributed by atoms with Gasteiger partial charge >= 0.3 is 0 Å². The minimum Gasteiger partial charge on any atom is -0.292 e. The molecule has 0 amide bonds. The molecule has 0 spiro atoms. The summed E-state index contributed by atoms with van der Waals surface area (Å²) < 4.78 is 1.84. The van der Waals surface area contributed by atoms with E-state index in [1.807, 2.05) is 4.68 Å². The second-order valence-corrected chi connectivity index (χ2v) is 2.85. The average molecular weight is 150 g/mol. The molecule has 3 nitrogen and oxygen atoms in total. The van der Waals surface area contributed by atoms with E-state index in [0.717, 1.165) is 12.1 Å². The van der Waals surface area contributed by atoms with Crippen molar-refractivity contribution < 1.29 is 4.79 Å². The van der Waals surface area contributed by atoms with Crippen molar-refractivity contribution in [3.05, 3.63) is 18.0 Å². The second kappa shape index (κ2) is 2.19. The van der Waals surface area contributed by atoms with Crippen LogP contribution in [-0.2, 0) is 0 Å². The predicted octanol–water partition coefficient (Wildman–Crippen LogP) is 1.42.